The van der Waals surface area contributed by atoms with Crippen molar-refractivity contribution in [1.82, 2.24) is 0 Å². The van der Waals surface area contributed by atoms with Crippen LogP contribution in [-0.4, -0.2) is 28.0 Å². The number of thiol groups is 1. The van der Waals surface area contributed by atoms with Gasteiger partial charge < -0.3 is 9.84 Å². The number of aliphatic hydroxyl groups excluding tert-OH is 1. The summed E-state index contributed by atoms with van der Waals surface area (Å²) in [6.07, 6.45) is 17.3. The van der Waals surface area contributed by atoms with Gasteiger partial charge in [-0.05, 0) is 18.6 Å². The minimum Gasteiger partial charge on any atom is -0.484 e. The first-order valence-electron chi connectivity index (χ1n) is 10.1. The molecule has 3 nitrogen and oxygen atoms in total. The highest BCUT2D eigenvalue weighted by atomic mass is 32.1. The maximum Gasteiger partial charge on any atom is 0.189 e. The summed E-state index contributed by atoms with van der Waals surface area (Å²) in [4.78, 5) is 10.8. The Balaban J connectivity index is 3.21. The van der Waals surface area contributed by atoms with Gasteiger partial charge in [-0.15, -0.1) is 12.6 Å². The number of carbonyl (C=O) groups excluding carboxylic acids is 1. The Bertz CT molecular complexity index is 335. The molecule has 1 unspecified atom stereocenters. The molecule has 1 atom stereocenters. The zero-order valence-electron chi connectivity index (χ0n) is 16.0. The van der Waals surface area contributed by atoms with Crippen LogP contribution in [0.3, 0.4) is 0 Å². The minimum absolute atomic E-state index is 0.0827. The first-order chi connectivity index (χ1) is 12.1. The zero-order chi connectivity index (χ0) is 18.8. The van der Waals surface area contributed by atoms with Crippen molar-refractivity contribution in [3.8, 4) is 0 Å². The quantitative estimate of drug-likeness (QED) is 0.171. The number of hydrogen-bond acceptors (Lipinski definition) is 4. The second-order valence-electron chi connectivity index (χ2n) is 6.88. The third-order valence-corrected chi connectivity index (χ3v) is 4.95. The molecule has 0 heterocycles. The average molecular weight is 391 g/mol. The van der Waals surface area contributed by atoms with E-state index in [9.17, 15) is 9.90 Å². The van der Waals surface area contributed by atoms with E-state index in [2.05, 4.69) is 19.6 Å². The fourth-order valence-electron chi connectivity index (χ4n) is 2.81. The van der Waals surface area contributed by atoms with E-state index >= 15 is 0 Å². The molecule has 1 N–H and O–H groups in total. The van der Waals surface area contributed by atoms with Crippen molar-refractivity contribution < 1.29 is 14.6 Å². The molecule has 0 aliphatic carbocycles. The maximum absolute atomic E-state index is 10.8. The van der Waals surface area contributed by atoms with Crippen LogP contribution in [0.15, 0.2) is 0 Å². The lowest BCUT2D eigenvalue weighted by Gasteiger charge is -2.11. The van der Waals surface area contributed by atoms with E-state index in [4.69, 9.17) is 17.0 Å². The molecule has 0 aliphatic heterocycles. The summed E-state index contributed by atoms with van der Waals surface area (Å²) < 4.78 is 5.31. The van der Waals surface area contributed by atoms with E-state index in [-0.39, 0.29) is 16.6 Å². The summed E-state index contributed by atoms with van der Waals surface area (Å²) in [5.41, 5.74) is 0. The van der Waals surface area contributed by atoms with Gasteiger partial charge in [0.2, 0.25) is 0 Å². The Morgan fingerprint density at radius 1 is 0.880 bits per heavy atom. The first-order valence-corrected chi connectivity index (χ1v) is 11.0. The van der Waals surface area contributed by atoms with E-state index in [1.165, 1.54) is 77.0 Å². The second kappa shape index (κ2) is 18.7. The zero-order valence-corrected chi connectivity index (χ0v) is 17.7. The predicted molar refractivity (Wildman–Crippen MR) is 113 cm³/mol. The fourth-order valence-corrected chi connectivity index (χ4v) is 3.15. The third kappa shape index (κ3) is 18.5. The van der Waals surface area contributed by atoms with Crippen molar-refractivity contribution in [2.45, 2.75) is 109 Å². The van der Waals surface area contributed by atoms with E-state index in [0.29, 0.717) is 6.61 Å². The minimum atomic E-state index is -1.01. The molecule has 25 heavy (non-hydrogen) atoms. The Kier molecular flexibility index (Phi) is 18.6. The van der Waals surface area contributed by atoms with Crippen molar-refractivity contribution >= 4 is 35.0 Å². The van der Waals surface area contributed by atoms with Crippen LogP contribution in [0, 0.1) is 0 Å². The molecule has 0 amide bonds. The molecule has 0 aromatic carbocycles. The van der Waals surface area contributed by atoms with Gasteiger partial charge in [-0.2, -0.15) is 0 Å². The number of hydrogen-bond donors (Lipinski definition) is 2. The first kappa shape index (κ1) is 24.9. The molecule has 148 valence electrons. The van der Waals surface area contributed by atoms with Crippen molar-refractivity contribution in [2.75, 3.05) is 6.61 Å². The standard InChI is InChI=1S/C20H38O3S2/c1-2-3-4-5-6-7-8-9-10-11-12-13-14-15-16-23-20(25)18(21)17-19(22)24/h18,21H,2-17H2,1H3,(H,22,24). The van der Waals surface area contributed by atoms with Crippen LogP contribution in [-0.2, 0) is 9.53 Å². The van der Waals surface area contributed by atoms with E-state index in [0.717, 1.165) is 12.8 Å². The Hall–Kier alpha value is -0.130. The normalized spacial score (nSPS) is 12.1. The Morgan fingerprint density at radius 3 is 1.68 bits per heavy atom. The van der Waals surface area contributed by atoms with Crippen molar-refractivity contribution in [1.29, 1.82) is 0 Å². The number of aliphatic hydroxyl groups is 1. The summed E-state index contributed by atoms with van der Waals surface area (Å²) >= 11 is 8.55. The topological polar surface area (TPSA) is 46.5 Å². The van der Waals surface area contributed by atoms with E-state index in [1.807, 2.05) is 0 Å². The summed E-state index contributed by atoms with van der Waals surface area (Å²) in [5.74, 6) is 0. The summed E-state index contributed by atoms with van der Waals surface area (Å²) in [5, 5.41) is 9.30. The SMILES string of the molecule is CCCCCCCCCCCCCCCCOC(=S)C(O)CC(=O)S. The lowest BCUT2D eigenvalue weighted by Crippen LogP contribution is -2.23. The molecule has 0 fully saturated rings. The molecule has 0 saturated heterocycles. The highest BCUT2D eigenvalue weighted by molar-refractivity contribution is 7.96. The molecule has 0 bridgehead atoms. The Morgan fingerprint density at radius 2 is 1.28 bits per heavy atom. The van der Waals surface area contributed by atoms with Gasteiger partial charge in [-0.1, -0.05) is 90.4 Å². The van der Waals surface area contributed by atoms with Crippen LogP contribution in [0.4, 0.5) is 0 Å². The van der Waals surface area contributed by atoms with Gasteiger partial charge in [0, 0.05) is 0 Å². The van der Waals surface area contributed by atoms with Gasteiger partial charge in [-0.25, -0.2) is 0 Å². The predicted octanol–water partition coefficient (Wildman–Crippen LogP) is 6.02. The number of rotatable bonds is 18. The highest BCUT2D eigenvalue weighted by Gasteiger charge is 2.14. The monoisotopic (exact) mass is 390 g/mol. The van der Waals surface area contributed by atoms with E-state index < -0.39 is 6.10 Å². The molecule has 0 saturated carbocycles. The largest absolute Gasteiger partial charge is 0.484 e. The molecule has 0 aliphatic rings. The van der Waals surface area contributed by atoms with Crippen molar-refractivity contribution in [2.24, 2.45) is 0 Å². The number of thiocarbonyl (C=S) groups is 1. The summed E-state index contributed by atoms with van der Waals surface area (Å²) in [6.45, 7) is 2.79. The van der Waals surface area contributed by atoms with Crippen LogP contribution >= 0.6 is 24.8 Å². The molecule has 0 aromatic rings. The lowest BCUT2D eigenvalue weighted by molar-refractivity contribution is -0.111. The Labute approximate surface area is 165 Å². The van der Waals surface area contributed by atoms with Crippen LogP contribution in [0.5, 0.6) is 0 Å². The van der Waals surface area contributed by atoms with Crippen LogP contribution in [0.25, 0.3) is 0 Å². The number of ether oxygens (including phenoxy) is 1. The average Bonchev–Trinajstić information content (AvgIpc) is 2.57. The van der Waals surface area contributed by atoms with Crippen LogP contribution in [0.2, 0.25) is 0 Å². The number of carbonyl (C=O) groups is 1. The molecule has 5 heteroatoms. The molecule has 0 spiro atoms. The smallest absolute Gasteiger partial charge is 0.189 e. The lowest BCUT2D eigenvalue weighted by atomic mass is 10.0. The molecular weight excluding hydrogens is 352 g/mol. The van der Waals surface area contributed by atoms with Crippen molar-refractivity contribution in [3.63, 3.8) is 0 Å². The third-order valence-electron chi connectivity index (χ3n) is 4.38. The summed E-state index contributed by atoms with van der Waals surface area (Å²) in [6, 6.07) is 0. The van der Waals surface area contributed by atoms with Gasteiger partial charge >= 0.3 is 0 Å². The van der Waals surface area contributed by atoms with Gasteiger partial charge in [-0.3, -0.25) is 4.79 Å². The van der Waals surface area contributed by atoms with Crippen LogP contribution < -0.4 is 0 Å². The van der Waals surface area contributed by atoms with Gasteiger partial charge in [0.05, 0.1) is 13.0 Å². The maximum atomic E-state index is 10.8. The summed E-state index contributed by atoms with van der Waals surface area (Å²) in [7, 11) is 0. The molecular formula is C20H38O3S2. The molecule has 0 aromatic heterocycles. The molecule has 0 radical (unpaired) electrons. The van der Waals surface area contributed by atoms with Gasteiger partial charge in [0.15, 0.2) is 10.2 Å². The van der Waals surface area contributed by atoms with Gasteiger partial charge in [0.1, 0.15) is 6.10 Å². The van der Waals surface area contributed by atoms with Crippen molar-refractivity contribution in [3.05, 3.63) is 0 Å². The fraction of sp³-hybridized carbons (Fsp3) is 0.900. The molecule has 0 rings (SSSR count). The van der Waals surface area contributed by atoms with Crippen LogP contribution in [0.1, 0.15) is 103 Å². The van der Waals surface area contributed by atoms with Gasteiger partial charge in [0.25, 0.3) is 0 Å². The number of unbranched alkanes of at least 4 members (excludes halogenated alkanes) is 13. The second-order valence-corrected chi connectivity index (χ2v) is 7.78. The highest BCUT2D eigenvalue weighted by Crippen LogP contribution is 2.13. The van der Waals surface area contributed by atoms with E-state index in [1.54, 1.807) is 0 Å².